The molecule has 1 rings (SSSR count). The average molecular weight is 265 g/mol. The second-order valence-electron chi connectivity index (χ2n) is 5.18. The van der Waals surface area contributed by atoms with Gasteiger partial charge in [0.05, 0.1) is 19.1 Å². The van der Waals surface area contributed by atoms with E-state index in [0.29, 0.717) is 19.7 Å². The lowest BCUT2D eigenvalue weighted by atomic mass is 9.93. The molecule has 4 heteroatoms. The molecule has 0 spiro atoms. The number of methoxy groups -OCH3 is 2. The van der Waals surface area contributed by atoms with Crippen molar-refractivity contribution in [3.05, 3.63) is 35.4 Å². The molecule has 0 amide bonds. The number of hydrogen-bond donors (Lipinski definition) is 1. The van der Waals surface area contributed by atoms with Crippen LogP contribution >= 0.6 is 0 Å². The van der Waals surface area contributed by atoms with Crippen LogP contribution in [-0.4, -0.2) is 26.7 Å². The minimum Gasteiger partial charge on any atom is -0.469 e. The van der Waals surface area contributed by atoms with E-state index >= 15 is 0 Å². The summed E-state index contributed by atoms with van der Waals surface area (Å²) >= 11 is 0. The molecule has 1 aromatic rings. The lowest BCUT2D eigenvalue weighted by molar-refractivity contribution is -0.150. The summed E-state index contributed by atoms with van der Waals surface area (Å²) in [4.78, 5) is 11.6. The average Bonchev–Trinajstić information content (AvgIpc) is 2.40. The monoisotopic (exact) mass is 265 g/mol. The van der Waals surface area contributed by atoms with E-state index in [4.69, 9.17) is 9.47 Å². The molecule has 106 valence electrons. The van der Waals surface area contributed by atoms with E-state index < -0.39 is 5.41 Å². The fraction of sp³-hybridized carbons (Fsp3) is 0.533. The fourth-order valence-electron chi connectivity index (χ4n) is 1.88. The fourth-order valence-corrected chi connectivity index (χ4v) is 1.88. The van der Waals surface area contributed by atoms with Crippen molar-refractivity contribution < 1.29 is 14.3 Å². The molecule has 0 aliphatic heterocycles. The van der Waals surface area contributed by atoms with Crippen molar-refractivity contribution in [1.82, 2.24) is 5.32 Å². The molecule has 0 saturated carbocycles. The van der Waals surface area contributed by atoms with Gasteiger partial charge in [0.2, 0.25) is 0 Å². The van der Waals surface area contributed by atoms with E-state index in [-0.39, 0.29) is 5.97 Å². The Labute approximate surface area is 115 Å². The van der Waals surface area contributed by atoms with Crippen LogP contribution in [0, 0.1) is 5.41 Å². The molecule has 0 aromatic heterocycles. The van der Waals surface area contributed by atoms with Gasteiger partial charge in [0.1, 0.15) is 0 Å². The molecule has 0 fully saturated rings. The lowest BCUT2D eigenvalue weighted by Crippen LogP contribution is -2.36. The predicted octanol–water partition coefficient (Wildman–Crippen LogP) is 2.12. The van der Waals surface area contributed by atoms with Crippen molar-refractivity contribution in [3.8, 4) is 0 Å². The number of hydrogen-bond acceptors (Lipinski definition) is 4. The minimum absolute atomic E-state index is 0.204. The first-order valence-corrected chi connectivity index (χ1v) is 6.36. The number of nitrogens with one attached hydrogen (secondary N) is 1. The standard InChI is InChI=1S/C15H23NO3/c1-15(2,14(17)19-4)11-16-9-12-7-5-6-8-13(12)10-18-3/h5-8,16H,9-11H2,1-4H3. The number of ether oxygens (including phenoxy) is 2. The summed E-state index contributed by atoms with van der Waals surface area (Å²) in [5.74, 6) is -0.204. The van der Waals surface area contributed by atoms with Crippen molar-refractivity contribution in [1.29, 1.82) is 0 Å². The first-order chi connectivity index (χ1) is 9.01. The Morgan fingerprint density at radius 2 is 1.84 bits per heavy atom. The third kappa shape index (κ3) is 4.65. The third-order valence-corrected chi connectivity index (χ3v) is 3.04. The zero-order valence-electron chi connectivity index (χ0n) is 12.2. The summed E-state index contributed by atoms with van der Waals surface area (Å²) in [6.07, 6.45) is 0. The minimum atomic E-state index is -0.523. The van der Waals surface area contributed by atoms with Crippen molar-refractivity contribution >= 4 is 5.97 Å². The highest BCUT2D eigenvalue weighted by atomic mass is 16.5. The molecule has 0 saturated heterocycles. The molecular formula is C15H23NO3. The second-order valence-corrected chi connectivity index (χ2v) is 5.18. The van der Waals surface area contributed by atoms with Crippen LogP contribution < -0.4 is 5.32 Å². The lowest BCUT2D eigenvalue weighted by Gasteiger charge is -2.22. The Kier molecular flexibility index (Phi) is 5.99. The maximum Gasteiger partial charge on any atom is 0.312 e. The molecule has 19 heavy (non-hydrogen) atoms. The van der Waals surface area contributed by atoms with Gasteiger partial charge in [-0.3, -0.25) is 4.79 Å². The molecular weight excluding hydrogens is 242 g/mol. The first-order valence-electron chi connectivity index (χ1n) is 6.36. The van der Waals surface area contributed by atoms with E-state index in [0.717, 1.165) is 5.56 Å². The Morgan fingerprint density at radius 1 is 1.21 bits per heavy atom. The Balaban J connectivity index is 2.56. The quantitative estimate of drug-likeness (QED) is 0.767. The summed E-state index contributed by atoms with van der Waals surface area (Å²) in [6.45, 7) is 5.61. The van der Waals surface area contributed by atoms with Crippen LogP contribution in [0.25, 0.3) is 0 Å². The van der Waals surface area contributed by atoms with Gasteiger partial charge in [-0.15, -0.1) is 0 Å². The van der Waals surface area contributed by atoms with Crippen LogP contribution in [0.5, 0.6) is 0 Å². The van der Waals surface area contributed by atoms with Gasteiger partial charge >= 0.3 is 5.97 Å². The highest BCUT2D eigenvalue weighted by Gasteiger charge is 2.27. The molecule has 0 radical (unpaired) electrons. The smallest absolute Gasteiger partial charge is 0.312 e. The summed E-state index contributed by atoms with van der Waals surface area (Å²) in [7, 11) is 3.10. The van der Waals surface area contributed by atoms with Gasteiger partial charge < -0.3 is 14.8 Å². The van der Waals surface area contributed by atoms with Crippen LogP contribution in [0.4, 0.5) is 0 Å². The van der Waals surface area contributed by atoms with Crippen molar-refractivity contribution in [2.24, 2.45) is 5.41 Å². The normalized spacial score (nSPS) is 11.4. The number of esters is 1. The largest absolute Gasteiger partial charge is 0.469 e. The van der Waals surface area contributed by atoms with Crippen LogP contribution in [0.2, 0.25) is 0 Å². The Morgan fingerprint density at radius 3 is 2.42 bits per heavy atom. The number of carbonyl (C=O) groups excluding carboxylic acids is 1. The molecule has 1 N–H and O–H groups in total. The van der Waals surface area contributed by atoms with Gasteiger partial charge in [0.25, 0.3) is 0 Å². The molecule has 0 bridgehead atoms. The van der Waals surface area contributed by atoms with Gasteiger partial charge in [0, 0.05) is 20.2 Å². The Hall–Kier alpha value is -1.39. The molecule has 0 aliphatic rings. The summed E-state index contributed by atoms with van der Waals surface area (Å²) < 4.78 is 9.95. The highest BCUT2D eigenvalue weighted by Crippen LogP contribution is 2.16. The van der Waals surface area contributed by atoms with Crippen LogP contribution in [0.3, 0.4) is 0 Å². The van der Waals surface area contributed by atoms with Gasteiger partial charge in [-0.05, 0) is 25.0 Å². The van der Waals surface area contributed by atoms with E-state index in [1.807, 2.05) is 32.0 Å². The summed E-state index contributed by atoms with van der Waals surface area (Å²) in [6, 6.07) is 8.11. The molecule has 0 atom stereocenters. The van der Waals surface area contributed by atoms with Crippen LogP contribution in [0.15, 0.2) is 24.3 Å². The van der Waals surface area contributed by atoms with Gasteiger partial charge in [-0.25, -0.2) is 0 Å². The van der Waals surface area contributed by atoms with Gasteiger partial charge in [-0.1, -0.05) is 24.3 Å². The first kappa shape index (κ1) is 15.7. The predicted molar refractivity (Wildman–Crippen MR) is 74.7 cm³/mol. The molecule has 0 aliphatic carbocycles. The van der Waals surface area contributed by atoms with Crippen LogP contribution in [0.1, 0.15) is 25.0 Å². The maximum absolute atomic E-state index is 11.6. The van der Waals surface area contributed by atoms with Gasteiger partial charge in [0.15, 0.2) is 0 Å². The zero-order chi connectivity index (χ0) is 14.3. The van der Waals surface area contributed by atoms with Crippen molar-refractivity contribution in [2.75, 3.05) is 20.8 Å². The number of carbonyl (C=O) groups is 1. The van der Waals surface area contributed by atoms with Gasteiger partial charge in [-0.2, -0.15) is 0 Å². The maximum atomic E-state index is 11.6. The molecule has 4 nitrogen and oxygen atoms in total. The number of benzene rings is 1. The van der Waals surface area contributed by atoms with E-state index in [9.17, 15) is 4.79 Å². The highest BCUT2D eigenvalue weighted by molar-refractivity contribution is 5.76. The van der Waals surface area contributed by atoms with Crippen molar-refractivity contribution in [3.63, 3.8) is 0 Å². The summed E-state index contributed by atoms with van der Waals surface area (Å²) in [5.41, 5.74) is 1.82. The zero-order valence-corrected chi connectivity index (χ0v) is 12.2. The third-order valence-electron chi connectivity index (χ3n) is 3.04. The SMILES string of the molecule is COCc1ccccc1CNCC(C)(C)C(=O)OC. The van der Waals surface area contributed by atoms with Crippen LogP contribution in [-0.2, 0) is 27.4 Å². The second kappa shape index (κ2) is 7.26. The van der Waals surface area contributed by atoms with Crippen molar-refractivity contribution in [2.45, 2.75) is 27.0 Å². The Bertz CT molecular complexity index is 416. The summed E-state index contributed by atoms with van der Waals surface area (Å²) in [5, 5.41) is 3.30. The van der Waals surface area contributed by atoms with E-state index in [1.54, 1.807) is 7.11 Å². The molecule has 1 aromatic carbocycles. The molecule has 0 unspecified atom stereocenters. The number of rotatable bonds is 7. The van der Waals surface area contributed by atoms with E-state index in [2.05, 4.69) is 11.4 Å². The molecule has 0 heterocycles. The van der Waals surface area contributed by atoms with E-state index in [1.165, 1.54) is 12.7 Å². The topological polar surface area (TPSA) is 47.6 Å².